The minimum Gasteiger partial charge on any atom is -0.368 e. The van der Waals surface area contributed by atoms with Gasteiger partial charge < -0.3 is 16.0 Å². The van der Waals surface area contributed by atoms with Crippen molar-refractivity contribution in [1.82, 2.24) is 19.9 Å². The molecule has 0 atom stereocenters. The van der Waals surface area contributed by atoms with E-state index in [4.69, 9.17) is 17.3 Å². The highest BCUT2D eigenvalue weighted by Crippen LogP contribution is 2.36. The van der Waals surface area contributed by atoms with E-state index in [0.29, 0.717) is 56.1 Å². The van der Waals surface area contributed by atoms with Crippen LogP contribution in [0.2, 0.25) is 5.02 Å². The standard InChI is InChI=1S/C22H23ClF3N7/c23-16-7-5-15(6-8-16)13-28-21-30-19(29-20(27)31-21)14-32-9-11-33(12-10-32)18-4-2-1-3-17(18)22(24,25)26/h1-8H,9-14H2,(H3,27,28,29,30,31). The molecule has 11 heteroatoms. The van der Waals surface area contributed by atoms with Crippen LogP contribution in [0.4, 0.5) is 30.8 Å². The zero-order chi connectivity index (χ0) is 23.4. The molecule has 1 aromatic heterocycles. The van der Waals surface area contributed by atoms with Crippen molar-refractivity contribution in [2.75, 3.05) is 42.1 Å². The number of nitrogens with one attached hydrogen (secondary N) is 1. The number of anilines is 3. The van der Waals surface area contributed by atoms with Gasteiger partial charge in [0.15, 0.2) is 0 Å². The molecule has 3 aromatic rings. The highest BCUT2D eigenvalue weighted by Gasteiger charge is 2.35. The number of rotatable bonds is 6. The van der Waals surface area contributed by atoms with Gasteiger partial charge in [-0.1, -0.05) is 35.9 Å². The predicted molar refractivity (Wildman–Crippen MR) is 122 cm³/mol. The molecule has 1 aliphatic rings. The van der Waals surface area contributed by atoms with Gasteiger partial charge >= 0.3 is 6.18 Å². The monoisotopic (exact) mass is 477 g/mol. The molecule has 0 radical (unpaired) electrons. The first-order valence-electron chi connectivity index (χ1n) is 10.4. The SMILES string of the molecule is Nc1nc(CN2CCN(c3ccccc3C(F)(F)F)CC2)nc(NCc2ccc(Cl)cc2)n1. The maximum absolute atomic E-state index is 13.3. The average molecular weight is 478 g/mol. The summed E-state index contributed by atoms with van der Waals surface area (Å²) in [7, 11) is 0. The van der Waals surface area contributed by atoms with Gasteiger partial charge in [-0.3, -0.25) is 4.90 Å². The normalized spacial score (nSPS) is 15.0. The largest absolute Gasteiger partial charge is 0.418 e. The second-order valence-corrected chi connectivity index (χ2v) is 8.13. The lowest BCUT2D eigenvalue weighted by Gasteiger charge is -2.36. The van der Waals surface area contributed by atoms with Gasteiger partial charge in [-0.25, -0.2) is 0 Å². The number of nitrogen functional groups attached to an aromatic ring is 1. The van der Waals surface area contributed by atoms with E-state index >= 15 is 0 Å². The average Bonchev–Trinajstić information content (AvgIpc) is 2.78. The molecule has 0 aliphatic carbocycles. The fraction of sp³-hybridized carbons (Fsp3) is 0.318. The van der Waals surface area contributed by atoms with Crippen LogP contribution in [-0.2, 0) is 19.3 Å². The molecule has 1 aliphatic heterocycles. The quantitative estimate of drug-likeness (QED) is 0.554. The molecule has 0 unspecified atom stereocenters. The van der Waals surface area contributed by atoms with Gasteiger partial charge in [0.2, 0.25) is 11.9 Å². The molecule has 7 nitrogen and oxygen atoms in total. The lowest BCUT2D eigenvalue weighted by atomic mass is 10.1. The molecule has 0 amide bonds. The zero-order valence-corrected chi connectivity index (χ0v) is 18.4. The van der Waals surface area contributed by atoms with E-state index in [2.05, 4.69) is 25.2 Å². The predicted octanol–water partition coefficient (Wildman–Crippen LogP) is 4.06. The molecule has 0 spiro atoms. The second-order valence-electron chi connectivity index (χ2n) is 7.69. The number of aromatic nitrogens is 3. The van der Waals surface area contributed by atoms with Gasteiger partial charge in [0.1, 0.15) is 5.82 Å². The Balaban J connectivity index is 1.36. The van der Waals surface area contributed by atoms with Crippen LogP contribution in [0.1, 0.15) is 17.0 Å². The highest BCUT2D eigenvalue weighted by molar-refractivity contribution is 6.30. The van der Waals surface area contributed by atoms with Crippen molar-refractivity contribution in [3.05, 3.63) is 70.5 Å². The first-order valence-corrected chi connectivity index (χ1v) is 10.8. The molecule has 1 saturated heterocycles. The van der Waals surface area contributed by atoms with E-state index in [1.807, 2.05) is 12.1 Å². The number of para-hydroxylation sites is 1. The lowest BCUT2D eigenvalue weighted by molar-refractivity contribution is -0.137. The van der Waals surface area contributed by atoms with Crippen LogP contribution in [0.5, 0.6) is 0 Å². The summed E-state index contributed by atoms with van der Waals surface area (Å²) in [6, 6.07) is 13.1. The molecule has 0 saturated carbocycles. The van der Waals surface area contributed by atoms with Crippen molar-refractivity contribution in [3.8, 4) is 0 Å². The Morgan fingerprint density at radius 2 is 1.64 bits per heavy atom. The minimum atomic E-state index is -4.38. The van der Waals surface area contributed by atoms with E-state index < -0.39 is 11.7 Å². The molecule has 2 aromatic carbocycles. The Kier molecular flexibility index (Phi) is 6.85. The maximum Gasteiger partial charge on any atom is 0.418 e. The fourth-order valence-electron chi connectivity index (χ4n) is 3.71. The highest BCUT2D eigenvalue weighted by atomic mass is 35.5. The van der Waals surface area contributed by atoms with Gasteiger partial charge in [0.25, 0.3) is 0 Å². The summed E-state index contributed by atoms with van der Waals surface area (Å²) in [5.74, 6) is 0.979. The minimum absolute atomic E-state index is 0.108. The Hall–Kier alpha value is -3.11. The summed E-state index contributed by atoms with van der Waals surface area (Å²) >= 11 is 5.91. The van der Waals surface area contributed by atoms with Crippen molar-refractivity contribution in [2.24, 2.45) is 0 Å². The van der Waals surface area contributed by atoms with E-state index in [9.17, 15) is 13.2 Å². The first kappa shape index (κ1) is 23.1. The van der Waals surface area contributed by atoms with Crippen molar-refractivity contribution in [3.63, 3.8) is 0 Å². The van der Waals surface area contributed by atoms with Crippen molar-refractivity contribution < 1.29 is 13.2 Å². The lowest BCUT2D eigenvalue weighted by Crippen LogP contribution is -2.46. The van der Waals surface area contributed by atoms with Gasteiger partial charge in [-0.15, -0.1) is 0 Å². The summed E-state index contributed by atoms with van der Waals surface area (Å²) in [5, 5.41) is 3.79. The number of alkyl halides is 3. The molecule has 3 N–H and O–H groups in total. The van der Waals surface area contributed by atoms with Crippen LogP contribution in [0.25, 0.3) is 0 Å². The molecular formula is C22H23ClF3N7. The topological polar surface area (TPSA) is 83.2 Å². The van der Waals surface area contributed by atoms with Crippen LogP contribution in [0.15, 0.2) is 48.5 Å². The first-order chi connectivity index (χ1) is 15.8. The van der Waals surface area contributed by atoms with Crippen LogP contribution in [0.3, 0.4) is 0 Å². The molecule has 2 heterocycles. The summed E-state index contributed by atoms with van der Waals surface area (Å²) in [5.41, 5.74) is 6.47. The number of nitrogens with two attached hydrogens (primary N) is 1. The summed E-state index contributed by atoms with van der Waals surface area (Å²) in [6.45, 7) is 3.01. The Bertz CT molecular complexity index is 1080. The Labute approximate surface area is 194 Å². The molecular weight excluding hydrogens is 455 g/mol. The summed E-state index contributed by atoms with van der Waals surface area (Å²) in [4.78, 5) is 16.6. The Morgan fingerprint density at radius 3 is 2.33 bits per heavy atom. The number of halogens is 4. The van der Waals surface area contributed by atoms with Crippen molar-refractivity contribution >= 4 is 29.2 Å². The fourth-order valence-corrected chi connectivity index (χ4v) is 3.83. The van der Waals surface area contributed by atoms with Gasteiger partial charge in [-0.2, -0.15) is 28.1 Å². The molecule has 4 rings (SSSR count). The van der Waals surface area contributed by atoms with Crippen LogP contribution in [-0.4, -0.2) is 46.0 Å². The number of hydrogen-bond acceptors (Lipinski definition) is 7. The van der Waals surface area contributed by atoms with Gasteiger partial charge in [-0.05, 0) is 29.8 Å². The van der Waals surface area contributed by atoms with Crippen LogP contribution >= 0.6 is 11.6 Å². The van der Waals surface area contributed by atoms with Gasteiger partial charge in [0.05, 0.1) is 12.1 Å². The molecule has 174 valence electrons. The second kappa shape index (κ2) is 9.80. The van der Waals surface area contributed by atoms with E-state index in [1.54, 1.807) is 23.1 Å². The zero-order valence-electron chi connectivity index (χ0n) is 17.7. The summed E-state index contributed by atoms with van der Waals surface area (Å²) in [6.07, 6.45) is -4.38. The third-order valence-electron chi connectivity index (χ3n) is 5.35. The van der Waals surface area contributed by atoms with Crippen molar-refractivity contribution in [1.29, 1.82) is 0 Å². The molecule has 0 bridgehead atoms. The number of benzene rings is 2. The molecule has 33 heavy (non-hydrogen) atoms. The Morgan fingerprint density at radius 1 is 0.939 bits per heavy atom. The number of piperazine rings is 1. The smallest absolute Gasteiger partial charge is 0.368 e. The van der Waals surface area contributed by atoms with E-state index in [0.717, 1.165) is 11.6 Å². The van der Waals surface area contributed by atoms with E-state index in [1.165, 1.54) is 12.1 Å². The molecule has 1 fully saturated rings. The van der Waals surface area contributed by atoms with E-state index in [-0.39, 0.29) is 11.6 Å². The number of nitrogens with zero attached hydrogens (tertiary/aromatic N) is 5. The third-order valence-corrected chi connectivity index (χ3v) is 5.60. The summed E-state index contributed by atoms with van der Waals surface area (Å²) < 4.78 is 40.0. The third kappa shape index (κ3) is 6.02. The number of hydrogen-bond donors (Lipinski definition) is 2. The van der Waals surface area contributed by atoms with Crippen LogP contribution in [0, 0.1) is 0 Å². The maximum atomic E-state index is 13.3. The van der Waals surface area contributed by atoms with Crippen LogP contribution < -0.4 is 16.0 Å². The van der Waals surface area contributed by atoms with Crippen molar-refractivity contribution in [2.45, 2.75) is 19.3 Å². The van der Waals surface area contributed by atoms with Gasteiger partial charge in [0, 0.05) is 43.4 Å².